The third-order valence-corrected chi connectivity index (χ3v) is 5.24. The number of fused-ring (bicyclic) bond motifs is 1. The van der Waals surface area contributed by atoms with Crippen LogP contribution in [0, 0.1) is 11.8 Å². The van der Waals surface area contributed by atoms with Gasteiger partial charge < -0.3 is 10.0 Å². The van der Waals surface area contributed by atoms with E-state index in [-0.39, 0.29) is 24.2 Å². The molecule has 128 valence electrons. The summed E-state index contributed by atoms with van der Waals surface area (Å²) in [5.74, 6) is -0.425. The van der Waals surface area contributed by atoms with E-state index in [2.05, 4.69) is 12.1 Å². The highest BCUT2D eigenvalue weighted by atomic mass is 16.4. The lowest BCUT2D eigenvalue weighted by atomic mass is 9.78. The van der Waals surface area contributed by atoms with Gasteiger partial charge in [0.1, 0.15) is 0 Å². The Balaban J connectivity index is 1.80. The molecule has 1 N–H and O–H groups in total. The summed E-state index contributed by atoms with van der Waals surface area (Å²) in [6.45, 7) is 3.67. The highest BCUT2D eigenvalue weighted by Crippen LogP contribution is 2.31. The first-order valence-electron chi connectivity index (χ1n) is 8.63. The molecule has 5 heteroatoms. The van der Waals surface area contributed by atoms with Crippen molar-refractivity contribution in [1.29, 1.82) is 0 Å². The molecule has 1 aromatic rings. The van der Waals surface area contributed by atoms with Crippen LogP contribution in [0.4, 0.5) is 0 Å². The highest BCUT2D eigenvalue weighted by molar-refractivity contribution is 6.02. The predicted molar refractivity (Wildman–Crippen MR) is 92.3 cm³/mol. The van der Waals surface area contributed by atoms with Gasteiger partial charge in [-0.15, -0.1) is 0 Å². The van der Waals surface area contributed by atoms with Crippen LogP contribution in [0.1, 0.15) is 37.3 Å². The molecule has 0 radical (unpaired) electrons. The summed E-state index contributed by atoms with van der Waals surface area (Å²) in [6.07, 6.45) is 2.64. The third-order valence-electron chi connectivity index (χ3n) is 5.24. The Morgan fingerprint density at radius 3 is 2.83 bits per heavy atom. The number of carboxylic acids is 1. The largest absolute Gasteiger partial charge is 0.481 e. The van der Waals surface area contributed by atoms with Gasteiger partial charge in [0.15, 0.2) is 0 Å². The molecule has 2 aliphatic heterocycles. The molecule has 2 heterocycles. The number of rotatable bonds is 4. The Morgan fingerprint density at radius 1 is 1.29 bits per heavy atom. The Labute approximate surface area is 142 Å². The lowest BCUT2D eigenvalue weighted by Gasteiger charge is -2.38. The quantitative estimate of drug-likeness (QED) is 0.922. The summed E-state index contributed by atoms with van der Waals surface area (Å²) in [5, 5.41) is 9.21. The second-order valence-electron chi connectivity index (χ2n) is 6.81. The Morgan fingerprint density at radius 2 is 2.08 bits per heavy atom. The number of amides is 1. The van der Waals surface area contributed by atoms with Gasteiger partial charge in [0.25, 0.3) is 0 Å². The van der Waals surface area contributed by atoms with Gasteiger partial charge >= 0.3 is 5.97 Å². The van der Waals surface area contributed by atoms with E-state index in [9.17, 15) is 14.7 Å². The van der Waals surface area contributed by atoms with E-state index in [1.165, 1.54) is 11.1 Å². The van der Waals surface area contributed by atoms with Crippen molar-refractivity contribution in [2.45, 2.75) is 32.6 Å². The zero-order valence-electron chi connectivity index (χ0n) is 14.1. The Hall–Kier alpha value is -2.17. The monoisotopic (exact) mass is 328 g/mol. The molecular formula is C19H24N2O3. The fraction of sp³-hybridized carbons (Fsp3) is 0.526. The first-order chi connectivity index (χ1) is 11.5. The van der Waals surface area contributed by atoms with Gasteiger partial charge in [-0.25, -0.2) is 0 Å². The molecule has 1 fully saturated rings. The van der Waals surface area contributed by atoms with Crippen LogP contribution in [-0.4, -0.2) is 47.2 Å². The summed E-state index contributed by atoms with van der Waals surface area (Å²) < 4.78 is 0. The smallest absolute Gasteiger partial charge is 0.303 e. The number of carbonyl (C=O) groups excluding carboxylic acids is 1. The van der Waals surface area contributed by atoms with Crippen molar-refractivity contribution in [3.05, 3.63) is 35.4 Å². The number of piperidine rings is 1. The maximum absolute atomic E-state index is 11.7. The molecule has 1 amide bonds. The molecule has 0 aromatic heterocycles. The van der Waals surface area contributed by atoms with E-state index in [1.807, 2.05) is 17.0 Å². The summed E-state index contributed by atoms with van der Waals surface area (Å²) in [5.41, 5.74) is 3.58. The molecule has 0 aliphatic carbocycles. The number of likely N-dealkylation sites (tertiary alicyclic amines) is 1. The molecule has 1 aromatic carbocycles. The fourth-order valence-electron chi connectivity index (χ4n) is 3.93. The van der Waals surface area contributed by atoms with Crippen molar-refractivity contribution < 1.29 is 14.7 Å². The second-order valence-corrected chi connectivity index (χ2v) is 6.81. The van der Waals surface area contributed by atoms with Crippen molar-refractivity contribution >= 4 is 17.6 Å². The van der Waals surface area contributed by atoms with Crippen LogP contribution in [0.3, 0.4) is 0 Å². The molecule has 5 nitrogen and oxygen atoms in total. The normalized spacial score (nSPS) is 23.4. The number of hydrogen-bond acceptors (Lipinski definition) is 3. The second kappa shape index (κ2) is 7.16. The molecule has 0 unspecified atom stereocenters. The van der Waals surface area contributed by atoms with E-state index in [1.54, 1.807) is 6.92 Å². The molecule has 0 saturated carbocycles. The lowest BCUT2D eigenvalue weighted by Crippen LogP contribution is -2.44. The van der Waals surface area contributed by atoms with E-state index < -0.39 is 5.97 Å². The van der Waals surface area contributed by atoms with Gasteiger partial charge in [-0.3, -0.25) is 14.6 Å². The average Bonchev–Trinajstić information content (AvgIpc) is 2.56. The number of aliphatic carboxylic acids is 1. The van der Waals surface area contributed by atoms with Crippen LogP contribution in [0.25, 0.3) is 0 Å². The summed E-state index contributed by atoms with van der Waals surface area (Å²) in [6, 6.07) is 8.32. The molecule has 1 saturated heterocycles. The van der Waals surface area contributed by atoms with E-state index in [4.69, 9.17) is 4.99 Å². The van der Waals surface area contributed by atoms with Crippen molar-refractivity contribution in [3.63, 3.8) is 0 Å². The van der Waals surface area contributed by atoms with Crippen LogP contribution in [0.15, 0.2) is 29.3 Å². The summed E-state index contributed by atoms with van der Waals surface area (Å²) in [4.78, 5) is 29.5. The van der Waals surface area contributed by atoms with Crippen molar-refractivity contribution in [2.75, 3.05) is 19.6 Å². The van der Waals surface area contributed by atoms with Crippen molar-refractivity contribution in [3.8, 4) is 0 Å². The molecule has 0 spiro atoms. The van der Waals surface area contributed by atoms with Gasteiger partial charge in [-0.05, 0) is 42.2 Å². The summed E-state index contributed by atoms with van der Waals surface area (Å²) >= 11 is 0. The zero-order valence-corrected chi connectivity index (χ0v) is 14.1. The van der Waals surface area contributed by atoms with E-state index in [0.29, 0.717) is 13.1 Å². The number of aliphatic imine (C=N–C) groups is 1. The van der Waals surface area contributed by atoms with Crippen LogP contribution in [0.5, 0.6) is 0 Å². The number of carbonyl (C=O) groups is 2. The standard InChI is InChI=1S/C19H24N2O3/c1-13(22)21-9-7-15(11-19(23)24)16(12-21)10-18-17-5-3-2-4-14(17)6-8-20-18/h2-5,15-16H,6-12H2,1H3,(H,23,24)/t15-,16-/m0/s1. The maximum atomic E-state index is 11.7. The first-order valence-corrected chi connectivity index (χ1v) is 8.63. The zero-order chi connectivity index (χ0) is 17.1. The Bertz CT molecular complexity index is 668. The SMILES string of the molecule is CC(=O)N1CC[C@@H](CC(=O)O)[C@@H](CC2=NCCc3ccccc32)C1. The Kier molecular flexibility index (Phi) is 4.97. The van der Waals surface area contributed by atoms with E-state index >= 15 is 0 Å². The predicted octanol–water partition coefficient (Wildman–Crippen LogP) is 2.38. The third kappa shape index (κ3) is 3.66. The molecule has 2 atom stereocenters. The van der Waals surface area contributed by atoms with Crippen molar-refractivity contribution in [1.82, 2.24) is 4.90 Å². The van der Waals surface area contributed by atoms with Crippen LogP contribution in [-0.2, 0) is 16.0 Å². The highest BCUT2D eigenvalue weighted by Gasteiger charge is 2.33. The average molecular weight is 328 g/mol. The van der Waals surface area contributed by atoms with Gasteiger partial charge in [0, 0.05) is 38.7 Å². The molecule has 2 aliphatic rings. The van der Waals surface area contributed by atoms with Gasteiger partial charge in [0.05, 0.1) is 0 Å². The maximum Gasteiger partial charge on any atom is 0.303 e. The van der Waals surface area contributed by atoms with Gasteiger partial charge in [-0.1, -0.05) is 24.3 Å². The van der Waals surface area contributed by atoms with Crippen LogP contribution in [0.2, 0.25) is 0 Å². The van der Waals surface area contributed by atoms with Gasteiger partial charge in [0.2, 0.25) is 5.91 Å². The topological polar surface area (TPSA) is 70.0 Å². The molecule has 24 heavy (non-hydrogen) atoms. The first kappa shape index (κ1) is 16.7. The number of carboxylic acid groups (broad SMARTS) is 1. The van der Waals surface area contributed by atoms with Crippen LogP contribution < -0.4 is 0 Å². The molecule has 0 bridgehead atoms. The number of hydrogen-bond donors (Lipinski definition) is 1. The summed E-state index contributed by atoms with van der Waals surface area (Å²) in [7, 11) is 0. The molecular weight excluding hydrogens is 304 g/mol. The van der Waals surface area contributed by atoms with Gasteiger partial charge in [-0.2, -0.15) is 0 Å². The minimum absolute atomic E-state index is 0.0692. The lowest BCUT2D eigenvalue weighted by molar-refractivity contribution is -0.139. The van der Waals surface area contributed by atoms with Crippen molar-refractivity contribution in [2.24, 2.45) is 16.8 Å². The minimum atomic E-state index is -0.757. The van der Waals surface area contributed by atoms with E-state index in [0.717, 1.165) is 31.5 Å². The number of nitrogens with zero attached hydrogens (tertiary/aromatic N) is 2. The van der Waals surface area contributed by atoms with Crippen LogP contribution >= 0.6 is 0 Å². The molecule has 3 rings (SSSR count). The minimum Gasteiger partial charge on any atom is -0.481 e. The number of benzene rings is 1. The fourth-order valence-corrected chi connectivity index (χ4v) is 3.93.